The number of aromatic carboxylic acids is 1. The van der Waals surface area contributed by atoms with Crippen molar-refractivity contribution in [2.45, 2.75) is 13.8 Å². The zero-order valence-electron chi connectivity index (χ0n) is 12.3. The first-order valence-corrected chi connectivity index (χ1v) is 6.95. The molecule has 0 unspecified atom stereocenters. The Morgan fingerprint density at radius 3 is 2.32 bits per heavy atom. The second-order valence-corrected chi connectivity index (χ2v) is 5.29. The van der Waals surface area contributed by atoms with Crippen LogP contribution >= 0.6 is 0 Å². The molecule has 0 fully saturated rings. The highest BCUT2D eigenvalue weighted by molar-refractivity contribution is 6.04. The van der Waals surface area contributed by atoms with E-state index >= 15 is 0 Å². The van der Waals surface area contributed by atoms with E-state index in [1.54, 1.807) is 31.2 Å². The largest absolute Gasteiger partial charge is 0.478 e. The van der Waals surface area contributed by atoms with E-state index in [4.69, 9.17) is 0 Å². The van der Waals surface area contributed by atoms with Gasteiger partial charge >= 0.3 is 5.97 Å². The van der Waals surface area contributed by atoms with Crippen LogP contribution in [-0.2, 0) is 0 Å². The van der Waals surface area contributed by atoms with Gasteiger partial charge in [0, 0.05) is 22.2 Å². The van der Waals surface area contributed by atoms with Crippen LogP contribution in [0, 0.1) is 13.8 Å². The zero-order valence-corrected chi connectivity index (χ0v) is 12.3. The molecule has 22 heavy (non-hydrogen) atoms. The van der Waals surface area contributed by atoms with E-state index in [9.17, 15) is 14.7 Å². The van der Waals surface area contributed by atoms with Crippen LogP contribution < -0.4 is 5.56 Å². The molecular formula is C18H15NO3. The number of aromatic nitrogens is 1. The molecule has 0 atom stereocenters. The van der Waals surface area contributed by atoms with Crippen molar-refractivity contribution in [1.29, 1.82) is 0 Å². The molecule has 1 aromatic heterocycles. The van der Waals surface area contributed by atoms with Crippen molar-refractivity contribution in [1.82, 2.24) is 4.57 Å². The minimum Gasteiger partial charge on any atom is -0.478 e. The maximum atomic E-state index is 12.8. The van der Waals surface area contributed by atoms with Gasteiger partial charge in [-0.3, -0.25) is 9.36 Å². The highest BCUT2D eigenvalue weighted by Gasteiger charge is 2.19. The van der Waals surface area contributed by atoms with Crippen molar-refractivity contribution in [2.24, 2.45) is 0 Å². The lowest BCUT2D eigenvalue weighted by atomic mass is 10.0. The summed E-state index contributed by atoms with van der Waals surface area (Å²) in [6, 6.07) is 14.3. The van der Waals surface area contributed by atoms with Gasteiger partial charge in [-0.1, -0.05) is 30.3 Å². The van der Waals surface area contributed by atoms with Gasteiger partial charge < -0.3 is 5.11 Å². The Balaban J connectivity index is 2.51. The van der Waals surface area contributed by atoms with Crippen molar-refractivity contribution in [3.8, 4) is 5.69 Å². The molecule has 0 saturated carbocycles. The molecular weight excluding hydrogens is 278 g/mol. The maximum Gasteiger partial charge on any atom is 0.338 e. The second kappa shape index (κ2) is 5.15. The molecule has 0 aliphatic heterocycles. The molecule has 4 heteroatoms. The van der Waals surface area contributed by atoms with E-state index in [0.29, 0.717) is 22.2 Å². The minimum absolute atomic E-state index is 0.164. The molecule has 1 heterocycles. The van der Waals surface area contributed by atoms with E-state index in [2.05, 4.69) is 0 Å². The van der Waals surface area contributed by atoms with E-state index in [-0.39, 0.29) is 11.1 Å². The van der Waals surface area contributed by atoms with Crippen molar-refractivity contribution < 1.29 is 9.90 Å². The quantitative estimate of drug-likeness (QED) is 0.788. The summed E-state index contributed by atoms with van der Waals surface area (Å²) >= 11 is 0. The van der Waals surface area contributed by atoms with Gasteiger partial charge in [-0.25, -0.2) is 4.79 Å². The lowest BCUT2D eigenvalue weighted by Crippen LogP contribution is -2.24. The molecule has 4 nitrogen and oxygen atoms in total. The minimum atomic E-state index is -1.03. The van der Waals surface area contributed by atoms with Gasteiger partial charge in [0.2, 0.25) is 0 Å². The fraction of sp³-hybridized carbons (Fsp3) is 0.111. The third kappa shape index (κ3) is 2.09. The van der Waals surface area contributed by atoms with Crippen molar-refractivity contribution in [3.05, 3.63) is 75.7 Å². The van der Waals surface area contributed by atoms with E-state index in [1.165, 1.54) is 4.57 Å². The first kappa shape index (κ1) is 14.1. The first-order chi connectivity index (χ1) is 10.5. The number of carboxylic acids is 1. The summed E-state index contributed by atoms with van der Waals surface area (Å²) in [5, 5.41) is 10.4. The highest BCUT2D eigenvalue weighted by atomic mass is 16.4. The average Bonchev–Trinajstić information content (AvgIpc) is 2.47. The standard InChI is InChI=1S/C18H15NO3/c1-11-6-5-7-13(10-11)19-12(2)16(18(21)22)14-8-3-4-9-15(14)17(19)20/h3-10H,1-2H3,(H,21,22). The summed E-state index contributed by atoms with van der Waals surface area (Å²) in [6.45, 7) is 3.60. The molecule has 0 bridgehead atoms. The van der Waals surface area contributed by atoms with Crippen LogP contribution in [0.25, 0.3) is 16.5 Å². The van der Waals surface area contributed by atoms with Gasteiger partial charge in [-0.2, -0.15) is 0 Å². The predicted molar refractivity (Wildman–Crippen MR) is 86.0 cm³/mol. The Labute approximate surface area is 127 Å². The van der Waals surface area contributed by atoms with Crippen LogP contribution in [0.5, 0.6) is 0 Å². The Bertz CT molecular complexity index is 954. The number of benzene rings is 2. The summed E-state index contributed by atoms with van der Waals surface area (Å²) in [5.74, 6) is -1.03. The molecule has 2 aromatic carbocycles. The van der Waals surface area contributed by atoms with Crippen LogP contribution in [0.3, 0.4) is 0 Å². The third-order valence-electron chi connectivity index (χ3n) is 3.80. The van der Waals surface area contributed by atoms with Crippen LogP contribution in [0.1, 0.15) is 21.6 Å². The summed E-state index contributed by atoms with van der Waals surface area (Å²) in [6.07, 6.45) is 0. The van der Waals surface area contributed by atoms with Crippen molar-refractivity contribution in [3.63, 3.8) is 0 Å². The van der Waals surface area contributed by atoms with Gasteiger partial charge in [-0.15, -0.1) is 0 Å². The van der Waals surface area contributed by atoms with Gasteiger partial charge in [0.15, 0.2) is 0 Å². The van der Waals surface area contributed by atoms with Gasteiger partial charge in [-0.05, 0) is 37.6 Å². The number of hydrogen-bond donors (Lipinski definition) is 1. The summed E-state index contributed by atoms with van der Waals surface area (Å²) in [4.78, 5) is 24.5. The maximum absolute atomic E-state index is 12.8. The number of carboxylic acid groups (broad SMARTS) is 1. The first-order valence-electron chi connectivity index (χ1n) is 6.95. The fourth-order valence-electron chi connectivity index (χ4n) is 2.81. The lowest BCUT2D eigenvalue weighted by Gasteiger charge is -2.15. The molecule has 0 spiro atoms. The van der Waals surface area contributed by atoms with E-state index < -0.39 is 5.97 Å². The van der Waals surface area contributed by atoms with E-state index in [1.807, 2.05) is 31.2 Å². The van der Waals surface area contributed by atoms with Crippen LogP contribution in [0.4, 0.5) is 0 Å². The molecule has 0 amide bonds. The number of fused-ring (bicyclic) bond motifs is 1. The number of carbonyl (C=O) groups is 1. The smallest absolute Gasteiger partial charge is 0.338 e. The second-order valence-electron chi connectivity index (χ2n) is 5.29. The van der Waals surface area contributed by atoms with Gasteiger partial charge in [0.05, 0.1) is 5.56 Å². The fourth-order valence-corrected chi connectivity index (χ4v) is 2.81. The van der Waals surface area contributed by atoms with Gasteiger partial charge in [0.25, 0.3) is 5.56 Å². The van der Waals surface area contributed by atoms with Gasteiger partial charge in [0.1, 0.15) is 0 Å². The Morgan fingerprint density at radius 1 is 1.00 bits per heavy atom. The molecule has 110 valence electrons. The number of aryl methyl sites for hydroxylation is 1. The van der Waals surface area contributed by atoms with Crippen molar-refractivity contribution >= 4 is 16.7 Å². The SMILES string of the molecule is Cc1cccc(-n2c(C)c(C(=O)O)c3ccccc3c2=O)c1. The topological polar surface area (TPSA) is 59.3 Å². The molecule has 0 radical (unpaired) electrons. The number of pyridine rings is 1. The molecule has 0 aliphatic carbocycles. The predicted octanol–water partition coefficient (Wildman–Crippen LogP) is 3.31. The molecule has 0 aliphatic rings. The summed E-state index contributed by atoms with van der Waals surface area (Å²) in [7, 11) is 0. The molecule has 3 aromatic rings. The zero-order chi connectivity index (χ0) is 15.9. The average molecular weight is 293 g/mol. The van der Waals surface area contributed by atoms with Crippen LogP contribution in [0.15, 0.2) is 53.3 Å². The summed E-state index contributed by atoms with van der Waals surface area (Å²) < 4.78 is 1.47. The molecule has 0 saturated heterocycles. The highest BCUT2D eigenvalue weighted by Crippen LogP contribution is 2.22. The third-order valence-corrected chi connectivity index (χ3v) is 3.80. The van der Waals surface area contributed by atoms with Crippen LogP contribution in [0.2, 0.25) is 0 Å². The number of hydrogen-bond acceptors (Lipinski definition) is 2. The Morgan fingerprint density at radius 2 is 1.68 bits per heavy atom. The Hall–Kier alpha value is -2.88. The summed E-state index contributed by atoms with van der Waals surface area (Å²) in [5.41, 5.74) is 2.08. The lowest BCUT2D eigenvalue weighted by molar-refractivity contribution is 0.0697. The number of nitrogens with zero attached hydrogens (tertiary/aromatic N) is 1. The van der Waals surface area contributed by atoms with Crippen LogP contribution in [-0.4, -0.2) is 15.6 Å². The van der Waals surface area contributed by atoms with E-state index in [0.717, 1.165) is 5.56 Å². The van der Waals surface area contributed by atoms with Crippen molar-refractivity contribution in [2.75, 3.05) is 0 Å². The molecule has 3 rings (SSSR count). The normalized spacial score (nSPS) is 10.8. The number of rotatable bonds is 2. The Kier molecular flexibility index (Phi) is 3.29. The monoisotopic (exact) mass is 293 g/mol. The molecule has 1 N–H and O–H groups in total.